The van der Waals surface area contributed by atoms with Gasteiger partial charge in [-0.3, -0.25) is 4.79 Å². The SMILES string of the molecule is COc1ccc(CN(C(=O)[C@@H]2[C@@H](C=C(C)C)C2(C)C)[C@@H]2CCS(=O)(=O)C2)cc1OC. The van der Waals surface area contributed by atoms with Crippen LogP contribution in [-0.2, 0) is 21.2 Å². The van der Waals surface area contributed by atoms with Crippen molar-refractivity contribution in [2.24, 2.45) is 17.3 Å². The van der Waals surface area contributed by atoms with E-state index in [0.29, 0.717) is 24.5 Å². The highest BCUT2D eigenvalue weighted by molar-refractivity contribution is 7.91. The number of carbonyl (C=O) groups is 1. The molecule has 0 N–H and O–H groups in total. The predicted molar refractivity (Wildman–Crippen MR) is 117 cm³/mol. The van der Waals surface area contributed by atoms with Crippen LogP contribution in [0, 0.1) is 17.3 Å². The number of ether oxygens (including phenoxy) is 2. The first-order valence-corrected chi connectivity index (χ1v) is 12.2. The van der Waals surface area contributed by atoms with Crippen LogP contribution in [0.1, 0.15) is 39.7 Å². The van der Waals surface area contributed by atoms with Gasteiger partial charge in [0.15, 0.2) is 21.3 Å². The fourth-order valence-electron chi connectivity index (χ4n) is 4.58. The van der Waals surface area contributed by atoms with Gasteiger partial charge in [0.2, 0.25) is 5.91 Å². The second-order valence-corrected chi connectivity index (χ2v) is 11.5. The Morgan fingerprint density at radius 1 is 1.20 bits per heavy atom. The zero-order chi connectivity index (χ0) is 22.3. The van der Waals surface area contributed by atoms with E-state index in [1.165, 1.54) is 5.57 Å². The Morgan fingerprint density at radius 3 is 2.40 bits per heavy atom. The topological polar surface area (TPSA) is 72.9 Å². The van der Waals surface area contributed by atoms with E-state index in [4.69, 9.17) is 9.47 Å². The molecule has 1 amide bonds. The molecule has 1 saturated heterocycles. The molecule has 2 fully saturated rings. The molecule has 0 unspecified atom stereocenters. The standard InChI is InChI=1S/C23H33NO5S/c1-15(2)11-18-21(23(18,3)4)22(25)24(17-9-10-30(26,27)14-17)13-16-7-8-19(28-5)20(12-16)29-6/h7-8,11-12,17-18,21H,9-10,13-14H2,1-6H3/t17-,18-,21+/m1/s1. The van der Waals surface area contributed by atoms with Gasteiger partial charge in [-0.1, -0.05) is 31.6 Å². The van der Waals surface area contributed by atoms with Crippen LogP contribution in [0.25, 0.3) is 0 Å². The molecule has 3 atom stereocenters. The third-order valence-corrected chi connectivity index (χ3v) is 8.17. The lowest BCUT2D eigenvalue weighted by Gasteiger charge is -2.29. The van der Waals surface area contributed by atoms with E-state index in [0.717, 1.165) is 5.56 Å². The van der Waals surface area contributed by atoms with Crippen LogP contribution in [0.3, 0.4) is 0 Å². The van der Waals surface area contributed by atoms with Gasteiger partial charge < -0.3 is 14.4 Å². The van der Waals surface area contributed by atoms with Crippen molar-refractivity contribution < 1.29 is 22.7 Å². The Hall–Kier alpha value is -2.02. The highest BCUT2D eigenvalue weighted by Gasteiger charge is 2.61. The van der Waals surface area contributed by atoms with Crippen LogP contribution >= 0.6 is 0 Å². The maximum absolute atomic E-state index is 13.6. The van der Waals surface area contributed by atoms with Crippen LogP contribution in [-0.4, -0.2) is 51.0 Å². The van der Waals surface area contributed by atoms with Crippen molar-refractivity contribution in [2.45, 2.75) is 46.7 Å². The molecule has 3 rings (SSSR count). The smallest absolute Gasteiger partial charge is 0.227 e. The maximum Gasteiger partial charge on any atom is 0.227 e. The number of hydrogen-bond donors (Lipinski definition) is 0. The molecule has 6 nitrogen and oxygen atoms in total. The minimum absolute atomic E-state index is 0.0342. The van der Waals surface area contributed by atoms with Gasteiger partial charge in [-0.05, 0) is 49.3 Å². The minimum Gasteiger partial charge on any atom is -0.493 e. The van der Waals surface area contributed by atoms with Gasteiger partial charge in [0.1, 0.15) is 0 Å². The fraction of sp³-hybridized carbons (Fsp3) is 0.609. The second-order valence-electron chi connectivity index (χ2n) is 9.28. The monoisotopic (exact) mass is 435 g/mol. The van der Waals surface area contributed by atoms with Gasteiger partial charge in [-0.2, -0.15) is 0 Å². The first-order chi connectivity index (χ1) is 14.0. The number of benzene rings is 1. The summed E-state index contributed by atoms with van der Waals surface area (Å²) in [6.45, 7) is 8.66. The molecule has 0 spiro atoms. The summed E-state index contributed by atoms with van der Waals surface area (Å²) < 4.78 is 35.0. The number of carbonyl (C=O) groups excluding carboxylic acids is 1. The molecule has 1 aromatic rings. The number of methoxy groups -OCH3 is 2. The molecular formula is C23H33NO5S. The Bertz CT molecular complexity index is 946. The molecular weight excluding hydrogens is 402 g/mol. The third kappa shape index (κ3) is 4.51. The second kappa shape index (κ2) is 8.25. The van der Waals surface area contributed by atoms with Gasteiger partial charge in [0.05, 0.1) is 31.6 Å². The van der Waals surface area contributed by atoms with E-state index < -0.39 is 9.84 Å². The highest BCUT2D eigenvalue weighted by atomic mass is 32.2. The Kier molecular flexibility index (Phi) is 6.23. The highest BCUT2D eigenvalue weighted by Crippen LogP contribution is 2.60. The van der Waals surface area contributed by atoms with Gasteiger partial charge in [-0.15, -0.1) is 0 Å². The lowest BCUT2D eigenvalue weighted by molar-refractivity contribution is -0.136. The molecule has 166 valence electrons. The van der Waals surface area contributed by atoms with Gasteiger partial charge >= 0.3 is 0 Å². The van der Waals surface area contributed by atoms with Crippen LogP contribution in [0.4, 0.5) is 0 Å². The molecule has 7 heteroatoms. The van der Waals surface area contributed by atoms with Gasteiger partial charge in [-0.25, -0.2) is 8.42 Å². The van der Waals surface area contributed by atoms with Crippen molar-refractivity contribution in [3.8, 4) is 11.5 Å². The first-order valence-electron chi connectivity index (χ1n) is 10.4. The Balaban J connectivity index is 1.90. The maximum atomic E-state index is 13.6. The molecule has 0 bridgehead atoms. The summed E-state index contributed by atoms with van der Waals surface area (Å²) in [5, 5.41) is 0. The fourth-order valence-corrected chi connectivity index (χ4v) is 6.31. The quantitative estimate of drug-likeness (QED) is 0.614. The number of amides is 1. The van der Waals surface area contributed by atoms with Crippen molar-refractivity contribution in [3.05, 3.63) is 35.4 Å². The lowest BCUT2D eigenvalue weighted by atomic mass is 10.1. The number of sulfone groups is 1. The summed E-state index contributed by atoms with van der Waals surface area (Å²) in [5.41, 5.74) is 1.96. The summed E-state index contributed by atoms with van der Waals surface area (Å²) in [5.74, 6) is 1.48. The first kappa shape index (κ1) is 22.7. The van der Waals surface area contributed by atoms with Gasteiger partial charge in [0, 0.05) is 12.6 Å². The molecule has 2 aliphatic rings. The number of allylic oxidation sites excluding steroid dienone is 2. The van der Waals surface area contributed by atoms with E-state index in [-0.39, 0.29) is 40.7 Å². The Morgan fingerprint density at radius 2 is 1.87 bits per heavy atom. The van der Waals surface area contributed by atoms with Crippen molar-refractivity contribution in [1.29, 1.82) is 0 Å². The van der Waals surface area contributed by atoms with Crippen LogP contribution in [0.5, 0.6) is 11.5 Å². The zero-order valence-electron chi connectivity index (χ0n) is 18.8. The normalized spacial score (nSPS) is 26.0. The van der Waals surface area contributed by atoms with E-state index in [9.17, 15) is 13.2 Å². The van der Waals surface area contributed by atoms with E-state index in [2.05, 4.69) is 19.9 Å². The van der Waals surface area contributed by atoms with E-state index in [1.54, 1.807) is 19.1 Å². The summed E-state index contributed by atoms with van der Waals surface area (Å²) in [7, 11) is 0.0460. The molecule has 1 heterocycles. The molecule has 30 heavy (non-hydrogen) atoms. The van der Waals surface area contributed by atoms with Crippen molar-refractivity contribution >= 4 is 15.7 Å². The zero-order valence-corrected chi connectivity index (χ0v) is 19.6. The van der Waals surface area contributed by atoms with Crippen molar-refractivity contribution in [3.63, 3.8) is 0 Å². The Labute approximate surface area is 180 Å². The van der Waals surface area contributed by atoms with Crippen molar-refractivity contribution in [2.75, 3.05) is 25.7 Å². The minimum atomic E-state index is -3.11. The average Bonchev–Trinajstić information content (AvgIpc) is 3.00. The van der Waals surface area contributed by atoms with E-state index in [1.807, 2.05) is 32.0 Å². The predicted octanol–water partition coefficient (Wildman–Crippen LogP) is 3.46. The molecule has 0 aromatic heterocycles. The molecule has 1 aliphatic carbocycles. The summed E-state index contributed by atoms with van der Waals surface area (Å²) in [6, 6.07) is 5.28. The van der Waals surface area contributed by atoms with Gasteiger partial charge in [0.25, 0.3) is 0 Å². The average molecular weight is 436 g/mol. The third-order valence-electron chi connectivity index (χ3n) is 6.42. The van der Waals surface area contributed by atoms with Crippen LogP contribution in [0.15, 0.2) is 29.8 Å². The number of hydrogen-bond acceptors (Lipinski definition) is 5. The largest absolute Gasteiger partial charge is 0.493 e. The summed E-state index contributed by atoms with van der Waals surface area (Å²) in [6.07, 6.45) is 2.66. The summed E-state index contributed by atoms with van der Waals surface area (Å²) >= 11 is 0. The van der Waals surface area contributed by atoms with E-state index >= 15 is 0 Å². The number of rotatable bonds is 7. The molecule has 0 radical (unpaired) electrons. The molecule has 1 saturated carbocycles. The molecule has 1 aliphatic heterocycles. The lowest BCUT2D eigenvalue weighted by Crippen LogP contribution is -2.42. The molecule has 1 aromatic carbocycles. The number of nitrogens with zero attached hydrogens (tertiary/aromatic N) is 1. The van der Waals surface area contributed by atoms with Crippen LogP contribution < -0.4 is 9.47 Å². The van der Waals surface area contributed by atoms with Crippen molar-refractivity contribution in [1.82, 2.24) is 4.90 Å². The summed E-state index contributed by atoms with van der Waals surface area (Å²) in [4.78, 5) is 15.4. The van der Waals surface area contributed by atoms with Crippen LogP contribution in [0.2, 0.25) is 0 Å².